The molecule has 0 unspecified atom stereocenters. The van der Waals surface area contributed by atoms with Crippen molar-refractivity contribution in [3.8, 4) is 12.1 Å². The zero-order chi connectivity index (χ0) is 12.0. The van der Waals surface area contributed by atoms with Crippen LogP contribution < -0.4 is 0 Å². The summed E-state index contributed by atoms with van der Waals surface area (Å²) in [7, 11) is 0. The first-order chi connectivity index (χ1) is 7.71. The molecule has 0 amide bonds. The van der Waals surface area contributed by atoms with Gasteiger partial charge >= 0.3 is 0 Å². The third-order valence-corrected chi connectivity index (χ3v) is 2.53. The fourth-order valence-electron chi connectivity index (χ4n) is 1.01. The lowest BCUT2D eigenvalue weighted by Gasteiger charge is -2.02. The molecule has 1 rings (SSSR count). The van der Waals surface area contributed by atoms with Crippen LogP contribution >= 0.6 is 11.8 Å². The number of hydrogen-bond acceptors (Lipinski definition) is 4. The van der Waals surface area contributed by atoms with E-state index in [2.05, 4.69) is 4.99 Å². The van der Waals surface area contributed by atoms with Gasteiger partial charge in [0.25, 0.3) is 0 Å². The fourth-order valence-corrected chi connectivity index (χ4v) is 1.55. The Morgan fingerprint density at radius 2 is 1.88 bits per heavy atom. The van der Waals surface area contributed by atoms with Gasteiger partial charge in [0.2, 0.25) is 0 Å². The van der Waals surface area contributed by atoms with Crippen molar-refractivity contribution in [3.63, 3.8) is 0 Å². The van der Waals surface area contributed by atoms with Crippen molar-refractivity contribution in [3.05, 3.63) is 30.1 Å². The predicted molar refractivity (Wildman–Crippen MR) is 61.7 cm³/mol. The smallest absolute Gasteiger partial charge is 0.181 e. The molecule has 80 valence electrons. The summed E-state index contributed by atoms with van der Waals surface area (Å²) in [6, 6.07) is 9.25. The highest BCUT2D eigenvalue weighted by molar-refractivity contribution is 8.13. The predicted octanol–water partition coefficient (Wildman–Crippen LogP) is 2.88. The van der Waals surface area contributed by atoms with E-state index in [0.717, 1.165) is 0 Å². The molecule has 0 aliphatic carbocycles. The topological polar surface area (TPSA) is 59.9 Å². The Bertz CT molecular complexity index is 453. The molecule has 0 spiro atoms. The lowest BCUT2D eigenvalue weighted by atomic mass is 10.2. The highest BCUT2D eigenvalue weighted by Crippen LogP contribution is 2.18. The summed E-state index contributed by atoms with van der Waals surface area (Å²) in [5.74, 6) is -1.22. The molecular weight excluding hydrogens is 225 g/mol. The lowest BCUT2D eigenvalue weighted by molar-refractivity contribution is 0.628. The van der Waals surface area contributed by atoms with E-state index in [9.17, 15) is 4.39 Å². The highest BCUT2D eigenvalue weighted by atomic mass is 32.2. The van der Waals surface area contributed by atoms with Crippen molar-refractivity contribution < 1.29 is 4.39 Å². The normalized spacial score (nSPS) is 10.9. The molecule has 0 saturated heterocycles. The van der Waals surface area contributed by atoms with Gasteiger partial charge in [0.1, 0.15) is 10.9 Å². The summed E-state index contributed by atoms with van der Waals surface area (Å²) in [4.78, 5) is 4.13. The molecule has 0 aliphatic heterocycles. The van der Waals surface area contributed by atoms with E-state index in [4.69, 9.17) is 10.5 Å². The quantitative estimate of drug-likeness (QED) is 0.583. The Kier molecular flexibility index (Phi) is 4.50. The Hall–Kier alpha value is -1.85. The van der Waals surface area contributed by atoms with Crippen LogP contribution in [0.15, 0.2) is 29.3 Å². The third kappa shape index (κ3) is 3.08. The Balaban J connectivity index is 3.02. The average Bonchev–Trinajstić information content (AvgIpc) is 2.32. The van der Waals surface area contributed by atoms with Gasteiger partial charge < -0.3 is 0 Å². The van der Waals surface area contributed by atoms with Crippen LogP contribution in [0.2, 0.25) is 0 Å². The molecule has 0 radical (unpaired) electrons. The van der Waals surface area contributed by atoms with Gasteiger partial charge in [-0.25, -0.2) is 9.38 Å². The molecule has 3 nitrogen and oxygen atoms in total. The SMILES string of the molecule is CSC(=Nc1ccc(F)cc1)C(C#N)C#N. The van der Waals surface area contributed by atoms with Crippen LogP contribution in [0.1, 0.15) is 0 Å². The van der Waals surface area contributed by atoms with Crippen molar-refractivity contribution in [2.45, 2.75) is 0 Å². The molecule has 0 aliphatic rings. The Labute approximate surface area is 97.2 Å². The second kappa shape index (κ2) is 5.89. The second-order valence-electron chi connectivity index (χ2n) is 2.82. The van der Waals surface area contributed by atoms with Crippen molar-refractivity contribution >= 4 is 22.5 Å². The van der Waals surface area contributed by atoms with Gasteiger partial charge in [-0.05, 0) is 30.5 Å². The van der Waals surface area contributed by atoms with Gasteiger partial charge in [0, 0.05) is 0 Å². The Morgan fingerprint density at radius 3 is 2.31 bits per heavy atom. The van der Waals surface area contributed by atoms with Gasteiger partial charge in [0.15, 0.2) is 5.92 Å². The molecule has 16 heavy (non-hydrogen) atoms. The first-order valence-electron chi connectivity index (χ1n) is 4.38. The van der Waals surface area contributed by atoms with E-state index in [1.807, 2.05) is 12.1 Å². The van der Waals surface area contributed by atoms with E-state index in [1.54, 1.807) is 6.26 Å². The number of benzene rings is 1. The highest BCUT2D eigenvalue weighted by Gasteiger charge is 2.13. The minimum atomic E-state index is -0.875. The molecule has 0 heterocycles. The molecule has 1 aromatic rings. The summed E-state index contributed by atoms with van der Waals surface area (Å²) in [6.07, 6.45) is 1.74. The van der Waals surface area contributed by atoms with E-state index in [0.29, 0.717) is 10.7 Å². The number of aliphatic imine (C=N–C) groups is 1. The maximum absolute atomic E-state index is 12.6. The Morgan fingerprint density at radius 1 is 1.31 bits per heavy atom. The summed E-state index contributed by atoms with van der Waals surface area (Å²) in [5, 5.41) is 17.9. The first kappa shape index (κ1) is 12.2. The minimum absolute atomic E-state index is 0.346. The third-order valence-electron chi connectivity index (χ3n) is 1.78. The van der Waals surface area contributed by atoms with Crippen LogP contribution in [0.25, 0.3) is 0 Å². The summed E-state index contributed by atoms with van der Waals surface area (Å²) in [5.41, 5.74) is 0.529. The molecular formula is C11H8FN3S. The van der Waals surface area contributed by atoms with Crippen LogP contribution in [-0.2, 0) is 0 Å². The van der Waals surface area contributed by atoms with Gasteiger partial charge in [-0.2, -0.15) is 10.5 Å². The summed E-state index contributed by atoms with van der Waals surface area (Å²) < 4.78 is 12.6. The van der Waals surface area contributed by atoms with Crippen LogP contribution in [-0.4, -0.2) is 11.3 Å². The second-order valence-corrected chi connectivity index (χ2v) is 3.65. The van der Waals surface area contributed by atoms with Crippen LogP contribution in [0.5, 0.6) is 0 Å². The molecule has 1 aromatic carbocycles. The van der Waals surface area contributed by atoms with E-state index in [-0.39, 0.29) is 5.82 Å². The zero-order valence-corrected chi connectivity index (χ0v) is 9.33. The van der Waals surface area contributed by atoms with Crippen molar-refractivity contribution in [2.75, 3.05) is 6.26 Å². The van der Waals surface area contributed by atoms with Crippen molar-refractivity contribution in [2.24, 2.45) is 10.9 Å². The molecule has 0 bridgehead atoms. The summed E-state index contributed by atoms with van der Waals surface area (Å²) in [6.45, 7) is 0. The first-order valence-corrected chi connectivity index (χ1v) is 5.61. The van der Waals surface area contributed by atoms with E-state index >= 15 is 0 Å². The zero-order valence-electron chi connectivity index (χ0n) is 8.51. The number of halogens is 1. The molecule has 5 heteroatoms. The molecule has 0 aromatic heterocycles. The number of nitrogens with zero attached hydrogens (tertiary/aromatic N) is 3. The number of hydrogen-bond donors (Lipinski definition) is 0. The number of nitriles is 2. The number of rotatable bonds is 2. The molecule has 0 N–H and O–H groups in total. The largest absolute Gasteiger partial charge is 0.244 e. The lowest BCUT2D eigenvalue weighted by Crippen LogP contribution is -2.05. The molecule has 0 fully saturated rings. The van der Waals surface area contributed by atoms with Gasteiger partial charge in [-0.3, -0.25) is 0 Å². The van der Waals surface area contributed by atoms with Crippen molar-refractivity contribution in [1.29, 1.82) is 10.5 Å². The van der Waals surface area contributed by atoms with Crippen LogP contribution in [0, 0.1) is 34.4 Å². The minimum Gasteiger partial charge on any atom is -0.244 e. The van der Waals surface area contributed by atoms with Gasteiger partial charge in [-0.1, -0.05) is 0 Å². The number of thioether (sulfide) groups is 1. The van der Waals surface area contributed by atoms with E-state index in [1.165, 1.54) is 36.0 Å². The summed E-state index contributed by atoms with van der Waals surface area (Å²) >= 11 is 1.24. The maximum atomic E-state index is 12.6. The molecule has 0 atom stereocenters. The standard InChI is InChI=1S/C11H8FN3S/c1-16-11(8(6-13)7-14)15-10-4-2-9(12)3-5-10/h2-5,8H,1H3. The van der Waals surface area contributed by atoms with E-state index < -0.39 is 5.92 Å². The van der Waals surface area contributed by atoms with Gasteiger partial charge in [-0.15, -0.1) is 11.8 Å². The van der Waals surface area contributed by atoms with Crippen LogP contribution in [0.3, 0.4) is 0 Å². The maximum Gasteiger partial charge on any atom is 0.181 e. The molecule has 0 saturated carbocycles. The van der Waals surface area contributed by atoms with Crippen LogP contribution in [0.4, 0.5) is 10.1 Å². The average molecular weight is 233 g/mol. The monoisotopic (exact) mass is 233 g/mol. The van der Waals surface area contributed by atoms with Crippen molar-refractivity contribution in [1.82, 2.24) is 0 Å². The van der Waals surface area contributed by atoms with Gasteiger partial charge in [0.05, 0.1) is 17.8 Å². The fraction of sp³-hybridized carbons (Fsp3) is 0.182.